The number of halogens is 1. The number of fused-ring (bicyclic) bond motifs is 1. The Hall–Kier alpha value is -1.56. The Morgan fingerprint density at radius 1 is 1.64 bits per heavy atom. The van der Waals surface area contributed by atoms with Gasteiger partial charge in [0.1, 0.15) is 11.6 Å². The van der Waals surface area contributed by atoms with Crippen LogP contribution in [0.1, 0.15) is 30.4 Å². The SMILES string of the molecule is CCC1COc2cc(C#N)cc(F)c21. The molecule has 2 rings (SSSR count). The zero-order valence-electron chi connectivity index (χ0n) is 7.88. The van der Waals surface area contributed by atoms with Gasteiger partial charge in [-0.1, -0.05) is 6.92 Å². The van der Waals surface area contributed by atoms with E-state index in [1.165, 1.54) is 6.07 Å². The predicted molar refractivity (Wildman–Crippen MR) is 49.6 cm³/mol. The molecule has 3 heteroatoms. The molecular formula is C11H10FNO. The van der Waals surface area contributed by atoms with Crippen LogP contribution in [-0.4, -0.2) is 6.61 Å². The van der Waals surface area contributed by atoms with E-state index in [1.54, 1.807) is 6.07 Å². The Morgan fingerprint density at radius 3 is 3.07 bits per heavy atom. The molecule has 1 aromatic rings. The number of rotatable bonds is 1. The lowest BCUT2D eigenvalue weighted by Gasteiger charge is -2.05. The highest BCUT2D eigenvalue weighted by Gasteiger charge is 2.26. The molecule has 1 aliphatic heterocycles. The number of hydrogen-bond donors (Lipinski definition) is 0. The molecule has 1 aromatic carbocycles. The number of nitriles is 1. The molecule has 0 bridgehead atoms. The monoisotopic (exact) mass is 191 g/mol. The number of nitrogens with zero attached hydrogens (tertiary/aromatic N) is 1. The molecular weight excluding hydrogens is 181 g/mol. The van der Waals surface area contributed by atoms with Gasteiger partial charge in [0.25, 0.3) is 0 Å². The second-order valence-corrected chi connectivity index (χ2v) is 3.40. The van der Waals surface area contributed by atoms with Crippen molar-refractivity contribution in [2.45, 2.75) is 19.3 Å². The molecule has 14 heavy (non-hydrogen) atoms. The minimum absolute atomic E-state index is 0.137. The van der Waals surface area contributed by atoms with Crippen molar-refractivity contribution < 1.29 is 9.13 Å². The molecule has 1 unspecified atom stereocenters. The highest BCUT2D eigenvalue weighted by Crippen LogP contribution is 2.38. The molecule has 1 heterocycles. The summed E-state index contributed by atoms with van der Waals surface area (Å²) in [6.07, 6.45) is 0.857. The van der Waals surface area contributed by atoms with Crippen molar-refractivity contribution in [3.8, 4) is 11.8 Å². The largest absolute Gasteiger partial charge is 0.492 e. The van der Waals surface area contributed by atoms with Crippen LogP contribution in [0.25, 0.3) is 0 Å². The third kappa shape index (κ3) is 1.24. The average molecular weight is 191 g/mol. The molecule has 0 radical (unpaired) electrons. The third-order valence-corrected chi connectivity index (χ3v) is 2.56. The molecule has 2 nitrogen and oxygen atoms in total. The fraction of sp³-hybridized carbons (Fsp3) is 0.364. The Kier molecular flexibility index (Phi) is 2.12. The normalized spacial score (nSPS) is 18.5. The van der Waals surface area contributed by atoms with Crippen molar-refractivity contribution in [2.75, 3.05) is 6.61 Å². The van der Waals surface area contributed by atoms with E-state index in [0.29, 0.717) is 23.5 Å². The van der Waals surface area contributed by atoms with Crippen molar-refractivity contribution >= 4 is 0 Å². The van der Waals surface area contributed by atoms with E-state index in [1.807, 2.05) is 13.0 Å². The summed E-state index contributed by atoms with van der Waals surface area (Å²) in [4.78, 5) is 0. The van der Waals surface area contributed by atoms with Gasteiger partial charge in [0.05, 0.1) is 18.2 Å². The molecule has 0 N–H and O–H groups in total. The van der Waals surface area contributed by atoms with Crippen LogP contribution in [0.3, 0.4) is 0 Å². The molecule has 72 valence electrons. The number of ether oxygens (including phenoxy) is 1. The summed E-state index contributed by atoms with van der Waals surface area (Å²) in [5.74, 6) is 0.356. The van der Waals surface area contributed by atoms with E-state index in [-0.39, 0.29) is 11.7 Å². The van der Waals surface area contributed by atoms with Gasteiger partial charge >= 0.3 is 0 Å². The lowest BCUT2D eigenvalue weighted by atomic mass is 9.97. The lowest BCUT2D eigenvalue weighted by molar-refractivity contribution is 0.328. The second kappa shape index (κ2) is 3.30. The molecule has 0 spiro atoms. The third-order valence-electron chi connectivity index (χ3n) is 2.56. The Morgan fingerprint density at radius 2 is 2.43 bits per heavy atom. The molecule has 0 saturated carbocycles. The van der Waals surface area contributed by atoms with E-state index in [4.69, 9.17) is 10.00 Å². The van der Waals surface area contributed by atoms with Crippen molar-refractivity contribution in [3.63, 3.8) is 0 Å². The molecule has 0 fully saturated rings. The molecule has 0 aliphatic carbocycles. The van der Waals surface area contributed by atoms with Crippen LogP contribution in [-0.2, 0) is 0 Å². The summed E-state index contributed by atoms with van der Waals surface area (Å²) < 4.78 is 18.9. The standard InChI is InChI=1S/C11H10FNO/c1-2-8-6-14-10-4-7(5-13)3-9(12)11(8)10/h3-4,8H,2,6H2,1H3. The van der Waals surface area contributed by atoms with Gasteiger partial charge in [-0.05, 0) is 18.6 Å². The number of benzene rings is 1. The summed E-state index contributed by atoms with van der Waals surface area (Å²) >= 11 is 0. The smallest absolute Gasteiger partial charge is 0.131 e. The maximum atomic E-state index is 13.5. The minimum atomic E-state index is -0.316. The van der Waals surface area contributed by atoms with Crippen molar-refractivity contribution in [3.05, 3.63) is 29.1 Å². The van der Waals surface area contributed by atoms with E-state index >= 15 is 0 Å². The first-order chi connectivity index (χ1) is 6.76. The summed E-state index contributed by atoms with van der Waals surface area (Å²) in [6.45, 7) is 2.53. The van der Waals surface area contributed by atoms with E-state index in [2.05, 4.69) is 0 Å². The Bertz CT molecular complexity index is 408. The Balaban J connectivity index is 2.53. The average Bonchev–Trinajstić information content (AvgIpc) is 2.61. The van der Waals surface area contributed by atoms with Gasteiger partial charge in [0.15, 0.2) is 0 Å². The first kappa shape index (κ1) is 9.01. The minimum Gasteiger partial charge on any atom is -0.492 e. The first-order valence-electron chi connectivity index (χ1n) is 4.62. The van der Waals surface area contributed by atoms with Crippen molar-refractivity contribution in [2.24, 2.45) is 0 Å². The first-order valence-corrected chi connectivity index (χ1v) is 4.62. The van der Waals surface area contributed by atoms with Gasteiger partial charge in [0, 0.05) is 11.5 Å². The van der Waals surface area contributed by atoms with E-state index < -0.39 is 0 Å². The number of hydrogen-bond acceptors (Lipinski definition) is 2. The van der Waals surface area contributed by atoms with Crippen molar-refractivity contribution in [1.82, 2.24) is 0 Å². The summed E-state index contributed by atoms with van der Waals surface area (Å²) in [7, 11) is 0. The maximum absolute atomic E-state index is 13.5. The fourth-order valence-corrected chi connectivity index (χ4v) is 1.77. The van der Waals surface area contributed by atoms with Crippen LogP contribution >= 0.6 is 0 Å². The predicted octanol–water partition coefficient (Wildman–Crippen LogP) is 2.58. The highest BCUT2D eigenvalue weighted by atomic mass is 19.1. The van der Waals surface area contributed by atoms with Gasteiger partial charge < -0.3 is 4.74 Å². The summed E-state index contributed by atoms with van der Waals surface area (Å²) in [5.41, 5.74) is 0.949. The van der Waals surface area contributed by atoms with E-state index in [0.717, 1.165) is 6.42 Å². The van der Waals surface area contributed by atoms with Gasteiger partial charge in [-0.25, -0.2) is 4.39 Å². The maximum Gasteiger partial charge on any atom is 0.131 e. The van der Waals surface area contributed by atoms with Gasteiger partial charge in [0.2, 0.25) is 0 Å². The van der Waals surface area contributed by atoms with Crippen molar-refractivity contribution in [1.29, 1.82) is 5.26 Å². The van der Waals surface area contributed by atoms with Crippen LogP contribution in [0.5, 0.6) is 5.75 Å². The van der Waals surface area contributed by atoms with Crippen LogP contribution in [0.2, 0.25) is 0 Å². The van der Waals surface area contributed by atoms with Gasteiger partial charge in [-0.3, -0.25) is 0 Å². The zero-order valence-corrected chi connectivity index (χ0v) is 7.88. The molecule has 0 amide bonds. The molecule has 0 saturated heterocycles. The lowest BCUT2D eigenvalue weighted by Crippen LogP contribution is -1.99. The van der Waals surface area contributed by atoms with Gasteiger partial charge in [-0.2, -0.15) is 5.26 Å². The van der Waals surface area contributed by atoms with Crippen LogP contribution in [0.15, 0.2) is 12.1 Å². The molecule has 0 aromatic heterocycles. The summed E-state index contributed by atoms with van der Waals surface area (Å²) in [5, 5.41) is 8.64. The Labute approximate surface area is 81.9 Å². The zero-order chi connectivity index (χ0) is 10.1. The fourth-order valence-electron chi connectivity index (χ4n) is 1.77. The second-order valence-electron chi connectivity index (χ2n) is 3.40. The highest BCUT2D eigenvalue weighted by molar-refractivity contribution is 5.47. The van der Waals surface area contributed by atoms with Crippen LogP contribution in [0, 0.1) is 17.1 Å². The van der Waals surface area contributed by atoms with Crippen LogP contribution < -0.4 is 4.74 Å². The quantitative estimate of drug-likeness (QED) is 0.683. The molecule has 1 atom stereocenters. The molecule has 1 aliphatic rings. The summed E-state index contributed by atoms with van der Waals surface area (Å²) in [6, 6.07) is 4.79. The van der Waals surface area contributed by atoms with Crippen LogP contribution in [0.4, 0.5) is 4.39 Å². The topological polar surface area (TPSA) is 33.0 Å². The van der Waals surface area contributed by atoms with E-state index in [9.17, 15) is 4.39 Å². The van der Waals surface area contributed by atoms with Gasteiger partial charge in [-0.15, -0.1) is 0 Å².